The minimum atomic E-state index is -4.22. The average Bonchev–Trinajstić information content (AvgIpc) is 2.07. The lowest BCUT2D eigenvalue weighted by atomic mass is 10.1. The highest BCUT2D eigenvalue weighted by Crippen LogP contribution is 2.21. The lowest BCUT2D eigenvalue weighted by Gasteiger charge is -2.07. The summed E-state index contributed by atoms with van der Waals surface area (Å²) in [4.78, 5) is 11.0. The van der Waals surface area contributed by atoms with E-state index < -0.39 is 12.6 Å². The van der Waals surface area contributed by atoms with Gasteiger partial charge in [-0.3, -0.25) is 4.79 Å². The van der Waals surface area contributed by atoms with E-state index in [-0.39, 0.29) is 18.6 Å². The van der Waals surface area contributed by atoms with Crippen LogP contribution >= 0.6 is 0 Å². The Balaban J connectivity index is 3.42. The van der Waals surface area contributed by atoms with Crippen LogP contribution in [0.2, 0.25) is 0 Å². The van der Waals surface area contributed by atoms with E-state index in [0.29, 0.717) is 19.0 Å². The lowest BCUT2D eigenvalue weighted by Crippen LogP contribution is -2.24. The largest absolute Gasteiger partial charge is 0.389 e. The zero-order valence-corrected chi connectivity index (χ0v) is 9.16. The van der Waals surface area contributed by atoms with Crippen molar-refractivity contribution in [2.75, 3.05) is 6.54 Å². The molecule has 0 aromatic carbocycles. The molecule has 0 aromatic rings. The van der Waals surface area contributed by atoms with Crippen LogP contribution in [0.25, 0.3) is 0 Å². The number of ketones is 1. The van der Waals surface area contributed by atoms with Gasteiger partial charge in [0.15, 0.2) is 0 Å². The Morgan fingerprint density at radius 3 is 2.33 bits per heavy atom. The fourth-order valence-corrected chi connectivity index (χ4v) is 1.08. The van der Waals surface area contributed by atoms with Crippen molar-refractivity contribution >= 4 is 5.78 Å². The van der Waals surface area contributed by atoms with Gasteiger partial charge in [0.2, 0.25) is 0 Å². The van der Waals surface area contributed by atoms with Gasteiger partial charge in [0.25, 0.3) is 0 Å². The Morgan fingerprint density at radius 2 is 1.87 bits per heavy atom. The maximum absolute atomic E-state index is 11.7. The molecule has 0 fully saturated rings. The first-order chi connectivity index (χ1) is 6.81. The highest BCUT2D eigenvalue weighted by atomic mass is 19.4. The molecular weight excluding hydrogens is 207 g/mol. The summed E-state index contributed by atoms with van der Waals surface area (Å²) in [6.45, 7) is 4.63. The van der Waals surface area contributed by atoms with Gasteiger partial charge in [-0.2, -0.15) is 13.2 Å². The molecule has 1 N–H and O–H groups in total. The Labute approximate surface area is 88.2 Å². The standard InChI is InChI=1S/C10H18F3NO/c1-8(2)14-7-3-4-9(15)5-6-10(11,12)13/h8,14H,3-7H2,1-2H3. The van der Waals surface area contributed by atoms with Crippen LogP contribution in [0.15, 0.2) is 0 Å². The van der Waals surface area contributed by atoms with Crippen molar-refractivity contribution in [2.24, 2.45) is 0 Å². The van der Waals surface area contributed by atoms with Crippen molar-refractivity contribution in [2.45, 2.75) is 51.7 Å². The molecule has 5 heteroatoms. The molecule has 0 unspecified atom stereocenters. The van der Waals surface area contributed by atoms with E-state index in [1.807, 2.05) is 13.8 Å². The molecule has 0 radical (unpaired) electrons. The van der Waals surface area contributed by atoms with Gasteiger partial charge < -0.3 is 5.32 Å². The van der Waals surface area contributed by atoms with E-state index in [4.69, 9.17) is 0 Å². The average molecular weight is 225 g/mol. The van der Waals surface area contributed by atoms with Crippen LogP contribution in [-0.4, -0.2) is 24.5 Å². The second-order valence-corrected chi connectivity index (χ2v) is 3.87. The molecule has 0 spiro atoms. The molecule has 0 amide bonds. The molecular formula is C10H18F3NO. The third-order valence-corrected chi connectivity index (χ3v) is 1.87. The Bertz CT molecular complexity index is 190. The van der Waals surface area contributed by atoms with Crippen LogP contribution in [0, 0.1) is 0 Å². The van der Waals surface area contributed by atoms with Crippen LogP contribution in [0.4, 0.5) is 13.2 Å². The summed E-state index contributed by atoms with van der Waals surface area (Å²) in [5.74, 6) is -0.308. The fraction of sp³-hybridized carbons (Fsp3) is 0.900. The Kier molecular flexibility index (Phi) is 6.56. The van der Waals surface area contributed by atoms with Crippen molar-refractivity contribution < 1.29 is 18.0 Å². The van der Waals surface area contributed by atoms with E-state index >= 15 is 0 Å². The third kappa shape index (κ3) is 11.3. The van der Waals surface area contributed by atoms with Crippen molar-refractivity contribution in [1.29, 1.82) is 0 Å². The molecule has 15 heavy (non-hydrogen) atoms. The molecule has 0 atom stereocenters. The molecule has 0 heterocycles. The number of Topliss-reactive ketones (excluding diaryl/α,β-unsaturated/α-hetero) is 1. The van der Waals surface area contributed by atoms with Gasteiger partial charge in [-0.05, 0) is 13.0 Å². The van der Waals surface area contributed by atoms with Gasteiger partial charge in [-0.1, -0.05) is 13.8 Å². The number of alkyl halides is 3. The highest BCUT2D eigenvalue weighted by molar-refractivity contribution is 5.78. The van der Waals surface area contributed by atoms with Crippen LogP contribution in [-0.2, 0) is 4.79 Å². The number of halogens is 3. The van der Waals surface area contributed by atoms with Crippen LogP contribution in [0.3, 0.4) is 0 Å². The molecule has 0 aliphatic rings. The summed E-state index contributed by atoms with van der Waals surface area (Å²) in [5, 5.41) is 3.10. The molecule has 0 rings (SSSR count). The zero-order chi connectivity index (χ0) is 11.9. The summed E-state index contributed by atoms with van der Waals surface area (Å²) >= 11 is 0. The van der Waals surface area contributed by atoms with Crippen molar-refractivity contribution in [3.05, 3.63) is 0 Å². The van der Waals surface area contributed by atoms with E-state index in [1.54, 1.807) is 0 Å². The first-order valence-electron chi connectivity index (χ1n) is 5.13. The van der Waals surface area contributed by atoms with E-state index in [1.165, 1.54) is 0 Å². The van der Waals surface area contributed by atoms with Crippen LogP contribution < -0.4 is 5.32 Å². The maximum atomic E-state index is 11.7. The van der Waals surface area contributed by atoms with Crippen molar-refractivity contribution in [1.82, 2.24) is 5.32 Å². The summed E-state index contributed by atoms with van der Waals surface area (Å²) in [6.07, 6.45) is -4.76. The molecule has 2 nitrogen and oxygen atoms in total. The fourth-order valence-electron chi connectivity index (χ4n) is 1.08. The number of carbonyl (C=O) groups is 1. The molecule has 0 bridgehead atoms. The van der Waals surface area contributed by atoms with Gasteiger partial charge in [-0.15, -0.1) is 0 Å². The molecule has 0 aromatic heterocycles. The van der Waals surface area contributed by atoms with Crippen LogP contribution in [0.5, 0.6) is 0 Å². The molecule has 90 valence electrons. The van der Waals surface area contributed by atoms with Gasteiger partial charge in [0.05, 0.1) is 6.42 Å². The number of hydrogen-bond donors (Lipinski definition) is 1. The highest BCUT2D eigenvalue weighted by Gasteiger charge is 2.27. The summed E-state index contributed by atoms with van der Waals surface area (Å²) in [6, 6.07) is 0.343. The number of nitrogens with one attached hydrogen (secondary N) is 1. The van der Waals surface area contributed by atoms with Crippen molar-refractivity contribution in [3.8, 4) is 0 Å². The lowest BCUT2D eigenvalue weighted by molar-refractivity contribution is -0.143. The second-order valence-electron chi connectivity index (χ2n) is 3.87. The molecule has 0 saturated carbocycles. The molecule has 0 aliphatic heterocycles. The topological polar surface area (TPSA) is 29.1 Å². The predicted molar refractivity (Wildman–Crippen MR) is 52.7 cm³/mol. The van der Waals surface area contributed by atoms with Crippen molar-refractivity contribution in [3.63, 3.8) is 0 Å². The third-order valence-electron chi connectivity index (χ3n) is 1.87. The van der Waals surface area contributed by atoms with Gasteiger partial charge in [-0.25, -0.2) is 0 Å². The smallest absolute Gasteiger partial charge is 0.315 e. The van der Waals surface area contributed by atoms with Crippen LogP contribution in [0.1, 0.15) is 39.5 Å². The molecule has 0 saturated heterocycles. The number of rotatable bonds is 7. The van der Waals surface area contributed by atoms with E-state index in [0.717, 1.165) is 0 Å². The SMILES string of the molecule is CC(C)NCCCC(=O)CCC(F)(F)F. The summed E-state index contributed by atoms with van der Waals surface area (Å²) in [5.41, 5.74) is 0. The minimum absolute atomic E-state index is 0.232. The quantitative estimate of drug-likeness (QED) is 0.675. The number of hydrogen-bond acceptors (Lipinski definition) is 2. The maximum Gasteiger partial charge on any atom is 0.389 e. The Hall–Kier alpha value is -0.580. The Morgan fingerprint density at radius 1 is 1.27 bits per heavy atom. The predicted octanol–water partition coefficient (Wildman–Crippen LogP) is 2.68. The number of carbonyl (C=O) groups excluding carboxylic acids is 1. The summed E-state index contributed by atoms with van der Waals surface area (Å²) < 4.78 is 35.2. The monoisotopic (exact) mass is 225 g/mol. The normalized spacial score (nSPS) is 12.1. The van der Waals surface area contributed by atoms with Gasteiger partial charge in [0, 0.05) is 18.9 Å². The first-order valence-corrected chi connectivity index (χ1v) is 5.13. The minimum Gasteiger partial charge on any atom is -0.315 e. The zero-order valence-electron chi connectivity index (χ0n) is 9.16. The van der Waals surface area contributed by atoms with E-state index in [2.05, 4.69) is 5.32 Å². The first kappa shape index (κ1) is 14.4. The summed E-state index contributed by atoms with van der Waals surface area (Å²) in [7, 11) is 0. The van der Waals surface area contributed by atoms with Gasteiger partial charge in [0.1, 0.15) is 5.78 Å². The molecule has 0 aliphatic carbocycles. The van der Waals surface area contributed by atoms with E-state index in [9.17, 15) is 18.0 Å². The second kappa shape index (κ2) is 6.82. The van der Waals surface area contributed by atoms with Gasteiger partial charge >= 0.3 is 6.18 Å².